The molecule has 178 valence electrons. The molecule has 2 heterocycles. The third kappa shape index (κ3) is 6.00. The van der Waals surface area contributed by atoms with Crippen LogP contribution in [0.4, 0.5) is 5.69 Å². The van der Waals surface area contributed by atoms with Crippen molar-refractivity contribution in [3.63, 3.8) is 0 Å². The van der Waals surface area contributed by atoms with Crippen LogP contribution in [0.25, 0.3) is 0 Å². The lowest BCUT2D eigenvalue weighted by atomic mass is 9.95. The minimum atomic E-state index is -0.310. The summed E-state index contributed by atoms with van der Waals surface area (Å²) >= 11 is 0. The van der Waals surface area contributed by atoms with Crippen molar-refractivity contribution >= 4 is 23.4 Å². The van der Waals surface area contributed by atoms with E-state index in [4.69, 9.17) is 5.73 Å². The van der Waals surface area contributed by atoms with Crippen molar-refractivity contribution in [2.45, 2.75) is 59.9 Å². The second kappa shape index (κ2) is 10.6. The molecule has 1 aromatic carbocycles. The average Bonchev–Trinajstić information content (AvgIpc) is 3.04. The Bertz CT molecular complexity index is 1020. The molecule has 3 N–H and O–H groups in total. The number of hydrogen-bond donors (Lipinski definition) is 2. The van der Waals surface area contributed by atoms with Gasteiger partial charge in [-0.25, -0.2) is 0 Å². The molecule has 0 aliphatic carbocycles. The van der Waals surface area contributed by atoms with Crippen LogP contribution in [0.5, 0.6) is 0 Å². The van der Waals surface area contributed by atoms with E-state index in [2.05, 4.69) is 24.3 Å². The third-order valence-corrected chi connectivity index (χ3v) is 6.29. The van der Waals surface area contributed by atoms with Gasteiger partial charge in [0.15, 0.2) is 0 Å². The molecule has 0 atom stereocenters. The number of amides is 3. The summed E-state index contributed by atoms with van der Waals surface area (Å²) in [6.45, 7) is 10.1. The van der Waals surface area contributed by atoms with Gasteiger partial charge in [-0.05, 0) is 56.7 Å². The van der Waals surface area contributed by atoms with E-state index in [0.717, 1.165) is 23.5 Å². The van der Waals surface area contributed by atoms with Gasteiger partial charge in [0.05, 0.1) is 16.9 Å². The Morgan fingerprint density at radius 1 is 1.15 bits per heavy atom. The topological polar surface area (TPSA) is 110 Å². The first-order valence-electron chi connectivity index (χ1n) is 11.7. The predicted octanol–water partition coefficient (Wildman–Crippen LogP) is 3.06. The summed E-state index contributed by atoms with van der Waals surface area (Å²) in [5, 5.41) is 7.54. The average molecular weight is 454 g/mol. The highest BCUT2D eigenvalue weighted by Gasteiger charge is 2.27. The first kappa shape index (κ1) is 24.5. The number of benzene rings is 1. The van der Waals surface area contributed by atoms with Crippen LogP contribution in [0.1, 0.15) is 60.4 Å². The number of nitrogens with two attached hydrogens (primary N) is 1. The Morgan fingerprint density at radius 2 is 1.82 bits per heavy atom. The van der Waals surface area contributed by atoms with Gasteiger partial charge >= 0.3 is 0 Å². The van der Waals surface area contributed by atoms with Crippen molar-refractivity contribution in [3.05, 3.63) is 46.8 Å². The van der Waals surface area contributed by atoms with Crippen LogP contribution in [-0.4, -0.2) is 45.5 Å². The summed E-state index contributed by atoms with van der Waals surface area (Å²) < 4.78 is 2.02. The molecule has 1 saturated heterocycles. The van der Waals surface area contributed by atoms with Gasteiger partial charge in [0.25, 0.3) is 5.91 Å². The SMILES string of the molecule is Cc1nn(CC(C)C)c(C)c1CCC(=O)Nc1ccccc1C(=O)N1CCC(C(N)=O)CC1. The van der Waals surface area contributed by atoms with Crippen molar-refractivity contribution in [1.82, 2.24) is 14.7 Å². The van der Waals surface area contributed by atoms with Crippen LogP contribution in [0.15, 0.2) is 24.3 Å². The highest BCUT2D eigenvalue weighted by molar-refractivity contribution is 6.03. The fourth-order valence-electron chi connectivity index (χ4n) is 4.39. The zero-order valence-corrected chi connectivity index (χ0v) is 20.1. The maximum atomic E-state index is 13.1. The lowest BCUT2D eigenvalue weighted by molar-refractivity contribution is -0.123. The molecule has 2 aromatic rings. The van der Waals surface area contributed by atoms with Crippen molar-refractivity contribution in [1.29, 1.82) is 0 Å². The first-order valence-corrected chi connectivity index (χ1v) is 11.7. The summed E-state index contributed by atoms with van der Waals surface area (Å²) in [4.78, 5) is 39.0. The van der Waals surface area contributed by atoms with Gasteiger partial charge in [0, 0.05) is 37.7 Å². The van der Waals surface area contributed by atoms with Crippen LogP contribution in [0.3, 0.4) is 0 Å². The molecular formula is C25H35N5O3. The molecule has 3 amide bonds. The summed E-state index contributed by atoms with van der Waals surface area (Å²) in [6, 6.07) is 7.06. The van der Waals surface area contributed by atoms with Crippen LogP contribution in [0.2, 0.25) is 0 Å². The van der Waals surface area contributed by atoms with Crippen LogP contribution in [-0.2, 0) is 22.6 Å². The molecule has 0 spiro atoms. The number of anilines is 1. The van der Waals surface area contributed by atoms with Gasteiger partial charge in [0.1, 0.15) is 0 Å². The van der Waals surface area contributed by atoms with E-state index in [1.54, 1.807) is 29.2 Å². The molecule has 33 heavy (non-hydrogen) atoms. The number of carbonyl (C=O) groups excluding carboxylic acids is 3. The molecule has 0 unspecified atom stereocenters. The van der Waals surface area contributed by atoms with Crippen LogP contribution < -0.4 is 11.1 Å². The molecule has 0 radical (unpaired) electrons. The normalized spacial score (nSPS) is 14.5. The second-order valence-corrected chi connectivity index (χ2v) is 9.29. The van der Waals surface area contributed by atoms with Crippen molar-refractivity contribution in [2.75, 3.05) is 18.4 Å². The molecule has 3 rings (SSSR count). The molecule has 1 aliphatic rings. The Labute approximate surface area is 195 Å². The number of hydrogen-bond acceptors (Lipinski definition) is 4. The second-order valence-electron chi connectivity index (χ2n) is 9.29. The van der Waals surface area contributed by atoms with Gasteiger partial charge in [-0.15, -0.1) is 0 Å². The van der Waals surface area contributed by atoms with Crippen LogP contribution >= 0.6 is 0 Å². The molecule has 8 nitrogen and oxygen atoms in total. The van der Waals surface area contributed by atoms with Crippen LogP contribution in [0, 0.1) is 25.7 Å². The summed E-state index contributed by atoms with van der Waals surface area (Å²) in [5.74, 6) is -0.279. The highest BCUT2D eigenvalue weighted by Crippen LogP contribution is 2.23. The minimum absolute atomic E-state index is 0.141. The Balaban J connectivity index is 1.63. The molecule has 1 aromatic heterocycles. The number of nitrogens with one attached hydrogen (secondary N) is 1. The lowest BCUT2D eigenvalue weighted by Crippen LogP contribution is -2.42. The highest BCUT2D eigenvalue weighted by atomic mass is 16.2. The number of aryl methyl sites for hydroxylation is 1. The van der Waals surface area contributed by atoms with E-state index < -0.39 is 0 Å². The minimum Gasteiger partial charge on any atom is -0.369 e. The zero-order chi connectivity index (χ0) is 24.1. The van der Waals surface area contributed by atoms with Crippen molar-refractivity contribution in [3.8, 4) is 0 Å². The first-order chi connectivity index (χ1) is 15.7. The van der Waals surface area contributed by atoms with Gasteiger partial charge in [-0.3, -0.25) is 19.1 Å². The maximum Gasteiger partial charge on any atom is 0.255 e. The van der Waals surface area contributed by atoms with Gasteiger partial charge in [0.2, 0.25) is 11.8 Å². The van der Waals surface area contributed by atoms with E-state index in [1.165, 1.54) is 0 Å². The molecular weight excluding hydrogens is 418 g/mol. The molecule has 1 aliphatic heterocycles. The number of primary amides is 1. The van der Waals surface area contributed by atoms with E-state index in [0.29, 0.717) is 55.9 Å². The fourth-order valence-corrected chi connectivity index (χ4v) is 4.39. The summed E-state index contributed by atoms with van der Waals surface area (Å²) in [7, 11) is 0. The molecule has 0 saturated carbocycles. The smallest absolute Gasteiger partial charge is 0.255 e. The number of piperidine rings is 1. The third-order valence-electron chi connectivity index (χ3n) is 6.29. The number of para-hydroxylation sites is 1. The molecule has 1 fully saturated rings. The monoisotopic (exact) mass is 453 g/mol. The van der Waals surface area contributed by atoms with E-state index in [9.17, 15) is 14.4 Å². The number of likely N-dealkylation sites (tertiary alicyclic amines) is 1. The fraction of sp³-hybridized carbons (Fsp3) is 0.520. The Kier molecular flexibility index (Phi) is 7.89. The van der Waals surface area contributed by atoms with Gasteiger partial charge < -0.3 is 16.0 Å². The largest absolute Gasteiger partial charge is 0.369 e. The summed E-state index contributed by atoms with van der Waals surface area (Å²) in [6.07, 6.45) is 2.04. The van der Waals surface area contributed by atoms with Gasteiger partial charge in [-0.2, -0.15) is 5.10 Å². The summed E-state index contributed by atoms with van der Waals surface area (Å²) in [5.41, 5.74) is 9.52. The maximum absolute atomic E-state index is 13.1. The Morgan fingerprint density at radius 3 is 2.45 bits per heavy atom. The zero-order valence-electron chi connectivity index (χ0n) is 20.1. The number of nitrogens with zero attached hydrogens (tertiary/aromatic N) is 3. The number of rotatable bonds is 8. The standard InChI is InChI=1S/C25H35N5O3/c1-16(2)15-30-18(4)20(17(3)28-30)9-10-23(31)27-22-8-6-5-7-21(22)25(33)29-13-11-19(12-14-29)24(26)32/h5-8,16,19H,9-15H2,1-4H3,(H2,26,32)(H,27,31). The van der Waals surface area contributed by atoms with E-state index in [-0.39, 0.29) is 23.6 Å². The van der Waals surface area contributed by atoms with Crippen molar-refractivity contribution < 1.29 is 14.4 Å². The molecule has 0 bridgehead atoms. The molecule has 8 heteroatoms. The Hall–Kier alpha value is -3.16. The van der Waals surface area contributed by atoms with E-state index in [1.807, 2.05) is 18.5 Å². The van der Waals surface area contributed by atoms with Crippen molar-refractivity contribution in [2.24, 2.45) is 17.6 Å². The predicted molar refractivity (Wildman–Crippen MR) is 128 cm³/mol. The van der Waals surface area contributed by atoms with E-state index >= 15 is 0 Å². The number of carbonyl (C=O) groups is 3. The lowest BCUT2D eigenvalue weighted by Gasteiger charge is -2.31. The quantitative estimate of drug-likeness (QED) is 0.640. The van der Waals surface area contributed by atoms with Gasteiger partial charge in [-0.1, -0.05) is 26.0 Å². The number of aromatic nitrogens is 2.